The highest BCUT2D eigenvalue weighted by molar-refractivity contribution is 6.31. The lowest BCUT2D eigenvalue weighted by atomic mass is 10.2. The lowest BCUT2D eigenvalue weighted by Crippen LogP contribution is -1.96. The average Bonchev–Trinajstić information content (AvgIpc) is 2.98. The molecule has 0 aliphatic rings. The van der Waals surface area contributed by atoms with Gasteiger partial charge in [0.1, 0.15) is 17.2 Å². The molecule has 0 radical (unpaired) electrons. The maximum absolute atomic E-state index is 10.8. The summed E-state index contributed by atoms with van der Waals surface area (Å²) in [4.78, 5) is 15.0. The molecule has 1 heterocycles. The largest absolute Gasteiger partial charge is 0.478 e. The van der Waals surface area contributed by atoms with Gasteiger partial charge < -0.3 is 14.8 Å². The maximum Gasteiger partial charge on any atom is 0.335 e. The number of oxazole rings is 1. The highest BCUT2D eigenvalue weighted by atomic mass is 35.5. The summed E-state index contributed by atoms with van der Waals surface area (Å²) in [7, 11) is 0. The van der Waals surface area contributed by atoms with Gasteiger partial charge in [-0.2, -0.15) is 5.26 Å². The smallest absolute Gasteiger partial charge is 0.335 e. The third-order valence-electron chi connectivity index (χ3n) is 3.22. The summed E-state index contributed by atoms with van der Waals surface area (Å²) in [5, 5.41) is 21.6. The summed E-state index contributed by atoms with van der Waals surface area (Å²) in [5.41, 5.74) is 2.10. The van der Waals surface area contributed by atoms with Crippen molar-refractivity contribution in [1.29, 1.82) is 5.26 Å². The Balaban J connectivity index is 1.85. The SMILES string of the molecule is N#CC(=CNc1ccc(C(=O)O)cc1)c1nc2cc(Cl)ccc2o1. The fourth-order valence-corrected chi connectivity index (χ4v) is 2.19. The molecule has 6 nitrogen and oxygen atoms in total. The number of carboxylic acids is 1. The number of nitrogens with zero attached hydrogens (tertiary/aromatic N) is 2. The van der Waals surface area contributed by atoms with Crippen molar-refractivity contribution in [3.63, 3.8) is 0 Å². The molecule has 3 rings (SSSR count). The first-order valence-electron chi connectivity index (χ1n) is 6.83. The number of halogens is 1. The first-order valence-corrected chi connectivity index (χ1v) is 7.21. The number of carbonyl (C=O) groups is 1. The van der Waals surface area contributed by atoms with E-state index in [9.17, 15) is 10.1 Å². The Bertz CT molecular complexity index is 984. The molecule has 0 saturated heterocycles. The van der Waals surface area contributed by atoms with Crippen molar-refractivity contribution in [1.82, 2.24) is 4.98 Å². The molecular weight excluding hydrogens is 330 g/mol. The number of hydrogen-bond donors (Lipinski definition) is 2. The number of carboxylic acid groups (broad SMARTS) is 1. The van der Waals surface area contributed by atoms with Crippen LogP contribution in [0.5, 0.6) is 0 Å². The Hall–Kier alpha value is -3.30. The number of hydrogen-bond acceptors (Lipinski definition) is 5. The van der Waals surface area contributed by atoms with Gasteiger partial charge in [0.15, 0.2) is 5.58 Å². The van der Waals surface area contributed by atoms with Crippen molar-refractivity contribution in [2.45, 2.75) is 0 Å². The molecule has 3 aromatic rings. The lowest BCUT2D eigenvalue weighted by Gasteiger charge is -2.01. The van der Waals surface area contributed by atoms with Crippen molar-refractivity contribution >= 4 is 39.9 Å². The molecule has 0 amide bonds. The molecule has 0 aliphatic carbocycles. The van der Waals surface area contributed by atoms with E-state index >= 15 is 0 Å². The van der Waals surface area contributed by atoms with Gasteiger partial charge in [0, 0.05) is 16.9 Å². The third-order valence-corrected chi connectivity index (χ3v) is 3.45. The van der Waals surface area contributed by atoms with Gasteiger partial charge in [0.25, 0.3) is 0 Å². The number of benzene rings is 2. The van der Waals surface area contributed by atoms with E-state index in [1.165, 1.54) is 18.3 Å². The third kappa shape index (κ3) is 3.21. The van der Waals surface area contributed by atoms with Gasteiger partial charge in [-0.25, -0.2) is 9.78 Å². The molecule has 0 spiro atoms. The number of rotatable bonds is 4. The quantitative estimate of drug-likeness (QED) is 0.692. The van der Waals surface area contributed by atoms with E-state index in [0.29, 0.717) is 21.8 Å². The van der Waals surface area contributed by atoms with Gasteiger partial charge in [-0.3, -0.25) is 0 Å². The minimum atomic E-state index is -1.00. The summed E-state index contributed by atoms with van der Waals surface area (Å²) in [6, 6.07) is 13.1. The predicted molar refractivity (Wildman–Crippen MR) is 89.6 cm³/mol. The van der Waals surface area contributed by atoms with E-state index in [4.69, 9.17) is 21.1 Å². The van der Waals surface area contributed by atoms with E-state index in [1.807, 2.05) is 6.07 Å². The van der Waals surface area contributed by atoms with Gasteiger partial charge >= 0.3 is 5.97 Å². The van der Waals surface area contributed by atoms with E-state index in [1.54, 1.807) is 30.3 Å². The first kappa shape index (κ1) is 15.6. The maximum atomic E-state index is 10.8. The van der Waals surface area contributed by atoms with Crippen molar-refractivity contribution in [3.05, 3.63) is 65.1 Å². The Morgan fingerprint density at radius 1 is 1.29 bits per heavy atom. The van der Waals surface area contributed by atoms with Crippen LogP contribution < -0.4 is 5.32 Å². The summed E-state index contributed by atoms with van der Waals surface area (Å²) in [6.07, 6.45) is 1.45. The van der Waals surface area contributed by atoms with Crippen LogP contribution in [-0.2, 0) is 0 Å². The molecular formula is C17H10ClN3O3. The molecule has 0 fully saturated rings. The zero-order chi connectivity index (χ0) is 17.1. The van der Waals surface area contributed by atoms with Crippen LogP contribution in [0.15, 0.2) is 53.1 Å². The molecule has 1 aromatic heterocycles. The monoisotopic (exact) mass is 339 g/mol. The van der Waals surface area contributed by atoms with Crippen LogP contribution in [0.2, 0.25) is 5.02 Å². The van der Waals surface area contributed by atoms with Crippen molar-refractivity contribution < 1.29 is 14.3 Å². The molecule has 0 bridgehead atoms. The first-order chi connectivity index (χ1) is 11.6. The molecule has 0 unspecified atom stereocenters. The van der Waals surface area contributed by atoms with E-state index in [0.717, 1.165) is 0 Å². The predicted octanol–water partition coefficient (Wildman–Crippen LogP) is 4.16. The van der Waals surface area contributed by atoms with E-state index < -0.39 is 5.97 Å². The van der Waals surface area contributed by atoms with Crippen LogP contribution in [0, 0.1) is 11.3 Å². The van der Waals surface area contributed by atoms with Crippen LogP contribution in [0.3, 0.4) is 0 Å². The molecule has 7 heteroatoms. The second-order valence-electron chi connectivity index (χ2n) is 4.83. The van der Waals surface area contributed by atoms with Crippen molar-refractivity contribution in [3.8, 4) is 6.07 Å². The number of fused-ring (bicyclic) bond motifs is 1. The van der Waals surface area contributed by atoms with E-state index in [-0.39, 0.29) is 17.0 Å². The molecule has 0 saturated carbocycles. The number of aromatic carboxylic acids is 1. The van der Waals surface area contributed by atoms with Crippen LogP contribution in [0.25, 0.3) is 16.7 Å². The fourth-order valence-electron chi connectivity index (χ4n) is 2.02. The topological polar surface area (TPSA) is 99.2 Å². The number of aromatic nitrogens is 1. The summed E-state index contributed by atoms with van der Waals surface area (Å²) in [6.45, 7) is 0. The minimum absolute atomic E-state index is 0.171. The number of nitrogens with one attached hydrogen (secondary N) is 1. The Morgan fingerprint density at radius 2 is 2.04 bits per heavy atom. The normalized spacial score (nSPS) is 11.2. The van der Waals surface area contributed by atoms with Gasteiger partial charge in [-0.05, 0) is 42.5 Å². The number of anilines is 1. The van der Waals surface area contributed by atoms with Crippen LogP contribution in [-0.4, -0.2) is 16.1 Å². The molecule has 0 atom stereocenters. The molecule has 118 valence electrons. The second kappa shape index (κ2) is 6.44. The second-order valence-corrected chi connectivity index (χ2v) is 5.26. The Morgan fingerprint density at radius 3 is 2.71 bits per heavy atom. The standard InChI is InChI=1S/C17H10ClN3O3/c18-12-3-6-15-14(7-12)21-16(24-15)11(8-19)9-20-13-4-1-10(2-5-13)17(22)23/h1-7,9,20H,(H,22,23). The fraction of sp³-hybridized carbons (Fsp3) is 0. The van der Waals surface area contributed by atoms with Gasteiger partial charge in [0.2, 0.25) is 5.89 Å². The number of allylic oxidation sites excluding steroid dienone is 1. The van der Waals surface area contributed by atoms with E-state index in [2.05, 4.69) is 10.3 Å². The van der Waals surface area contributed by atoms with Crippen LogP contribution >= 0.6 is 11.6 Å². The molecule has 24 heavy (non-hydrogen) atoms. The lowest BCUT2D eigenvalue weighted by molar-refractivity contribution is 0.0697. The Labute approximate surface area is 141 Å². The van der Waals surface area contributed by atoms with Crippen molar-refractivity contribution in [2.24, 2.45) is 0 Å². The Kier molecular flexibility index (Phi) is 4.18. The molecule has 0 aliphatic heterocycles. The van der Waals surface area contributed by atoms with Crippen LogP contribution in [0.1, 0.15) is 16.2 Å². The number of nitriles is 1. The van der Waals surface area contributed by atoms with Gasteiger partial charge in [-0.1, -0.05) is 11.6 Å². The highest BCUT2D eigenvalue weighted by Crippen LogP contribution is 2.23. The van der Waals surface area contributed by atoms with Crippen molar-refractivity contribution in [2.75, 3.05) is 5.32 Å². The zero-order valence-electron chi connectivity index (χ0n) is 12.2. The van der Waals surface area contributed by atoms with Gasteiger partial charge in [-0.15, -0.1) is 0 Å². The minimum Gasteiger partial charge on any atom is -0.478 e. The summed E-state index contributed by atoms with van der Waals surface area (Å²) < 4.78 is 5.54. The van der Waals surface area contributed by atoms with Crippen LogP contribution in [0.4, 0.5) is 5.69 Å². The highest BCUT2D eigenvalue weighted by Gasteiger charge is 2.11. The van der Waals surface area contributed by atoms with Gasteiger partial charge in [0.05, 0.1) is 5.56 Å². The summed E-state index contributed by atoms with van der Waals surface area (Å²) >= 11 is 5.90. The molecule has 2 N–H and O–H groups in total. The molecule has 2 aromatic carbocycles. The average molecular weight is 340 g/mol. The summed E-state index contributed by atoms with van der Waals surface area (Å²) in [5.74, 6) is -0.829. The zero-order valence-corrected chi connectivity index (χ0v) is 12.9.